The number of anilines is 1. The first-order valence-electron chi connectivity index (χ1n) is 6.13. The molecule has 2 aromatic carbocycles. The maximum atomic E-state index is 11.5. The molecule has 0 saturated heterocycles. The van der Waals surface area contributed by atoms with Gasteiger partial charge < -0.3 is 10.4 Å². The lowest BCUT2D eigenvalue weighted by Gasteiger charge is -2.13. The van der Waals surface area contributed by atoms with Crippen LogP contribution in [0.3, 0.4) is 0 Å². The van der Waals surface area contributed by atoms with Crippen LogP contribution in [0, 0.1) is 0 Å². The van der Waals surface area contributed by atoms with E-state index in [1.807, 2.05) is 0 Å². The molecule has 11 heteroatoms. The Balaban J connectivity index is 2.98. The van der Waals surface area contributed by atoms with Gasteiger partial charge >= 0.3 is 0 Å². The summed E-state index contributed by atoms with van der Waals surface area (Å²) in [4.78, 5) is 9.93. The van der Waals surface area contributed by atoms with Crippen LogP contribution in [0.1, 0.15) is 0 Å². The number of nitrogens with one attached hydrogen (secondary N) is 1. The molecule has 0 fully saturated rings. The molecule has 0 aromatic heterocycles. The number of carbonyl (C=O) groups excluding carboxylic acids is 1. The zero-order valence-corrected chi connectivity index (χ0v) is 13.4. The quantitative estimate of drug-likeness (QED) is 0.459. The highest BCUT2D eigenvalue weighted by Gasteiger charge is 2.22. The predicted octanol–water partition coefficient (Wildman–Crippen LogP) is 1.16. The number of rotatable bonds is 4. The second-order valence-electron chi connectivity index (χ2n) is 4.62. The first-order valence-corrected chi connectivity index (χ1v) is 9.01. The van der Waals surface area contributed by atoms with Gasteiger partial charge in [0, 0.05) is 16.8 Å². The van der Waals surface area contributed by atoms with E-state index in [4.69, 9.17) is 4.55 Å². The van der Waals surface area contributed by atoms with Crippen molar-refractivity contribution in [1.82, 2.24) is 0 Å². The molecule has 0 radical (unpaired) electrons. The van der Waals surface area contributed by atoms with Crippen molar-refractivity contribution in [2.45, 2.75) is 9.79 Å². The summed E-state index contributed by atoms with van der Waals surface area (Å²) in [5.74, 6) is -1.40. The molecule has 0 heterocycles. The first kappa shape index (κ1) is 17.9. The molecule has 24 heavy (non-hydrogen) atoms. The lowest BCUT2D eigenvalue weighted by molar-refractivity contribution is -0.111. The van der Waals surface area contributed by atoms with Crippen LogP contribution in [-0.2, 0) is 25.0 Å². The van der Waals surface area contributed by atoms with Crippen LogP contribution in [0.5, 0.6) is 5.75 Å². The standard InChI is InChI=1S/C13H11NO8S2/c1-2-12(16)14-9-3-4-11(24(20,21)22)8-5-7(23(17,18)19)6-10(15)13(8)9/h2-6,15H,1H2,(H,14,16)(H,17,18,19)(H,20,21,22). The van der Waals surface area contributed by atoms with Crippen molar-refractivity contribution < 1.29 is 35.8 Å². The van der Waals surface area contributed by atoms with E-state index in [0.29, 0.717) is 6.07 Å². The Kier molecular flexibility index (Phi) is 4.37. The molecule has 9 nitrogen and oxygen atoms in total. The average Bonchev–Trinajstić information content (AvgIpc) is 2.44. The predicted molar refractivity (Wildman–Crippen MR) is 84.1 cm³/mol. The average molecular weight is 373 g/mol. The van der Waals surface area contributed by atoms with Crippen LogP contribution in [-0.4, -0.2) is 37.0 Å². The van der Waals surface area contributed by atoms with Gasteiger partial charge in [0.05, 0.1) is 10.6 Å². The number of aromatic hydroxyl groups is 1. The molecular weight excluding hydrogens is 362 g/mol. The third kappa shape index (κ3) is 3.38. The van der Waals surface area contributed by atoms with E-state index in [0.717, 1.165) is 24.3 Å². The molecule has 4 N–H and O–H groups in total. The highest BCUT2D eigenvalue weighted by Crippen LogP contribution is 2.37. The number of hydrogen-bond acceptors (Lipinski definition) is 6. The highest BCUT2D eigenvalue weighted by molar-refractivity contribution is 7.86. The van der Waals surface area contributed by atoms with E-state index in [9.17, 15) is 31.3 Å². The summed E-state index contributed by atoms with van der Waals surface area (Å²) >= 11 is 0. The minimum Gasteiger partial charge on any atom is -0.507 e. The van der Waals surface area contributed by atoms with Crippen LogP contribution < -0.4 is 5.32 Å². The van der Waals surface area contributed by atoms with Crippen molar-refractivity contribution in [2.75, 3.05) is 5.32 Å². The summed E-state index contributed by atoms with van der Waals surface area (Å²) in [7, 11) is -9.54. The second-order valence-corrected chi connectivity index (χ2v) is 7.43. The molecule has 0 bridgehead atoms. The summed E-state index contributed by atoms with van der Waals surface area (Å²) in [6.07, 6.45) is 0.923. The van der Waals surface area contributed by atoms with Gasteiger partial charge in [0.2, 0.25) is 5.91 Å². The van der Waals surface area contributed by atoms with Gasteiger partial charge in [0.25, 0.3) is 20.2 Å². The number of carbonyl (C=O) groups is 1. The molecule has 1 amide bonds. The number of hydrogen-bond donors (Lipinski definition) is 4. The van der Waals surface area contributed by atoms with Gasteiger partial charge in [-0.05, 0) is 24.3 Å². The number of amides is 1. The topological polar surface area (TPSA) is 158 Å². The number of phenols is 1. The zero-order valence-electron chi connectivity index (χ0n) is 11.8. The maximum absolute atomic E-state index is 11.5. The molecule has 0 aliphatic heterocycles. The summed E-state index contributed by atoms with van der Waals surface area (Å²) in [6.45, 7) is 3.24. The number of benzene rings is 2. The van der Waals surface area contributed by atoms with Crippen LogP contribution in [0.25, 0.3) is 10.8 Å². The Morgan fingerprint density at radius 3 is 2.21 bits per heavy atom. The van der Waals surface area contributed by atoms with E-state index in [1.54, 1.807) is 0 Å². The van der Waals surface area contributed by atoms with E-state index in [-0.39, 0.29) is 11.1 Å². The Bertz CT molecular complexity index is 1070. The molecule has 0 atom stereocenters. The van der Waals surface area contributed by atoms with Crippen molar-refractivity contribution in [3.63, 3.8) is 0 Å². The van der Waals surface area contributed by atoms with Gasteiger partial charge in [-0.1, -0.05) is 6.58 Å². The Morgan fingerprint density at radius 2 is 1.71 bits per heavy atom. The van der Waals surface area contributed by atoms with Gasteiger partial charge in [0.15, 0.2) is 0 Å². The molecule has 0 saturated carbocycles. The van der Waals surface area contributed by atoms with Crippen LogP contribution in [0.4, 0.5) is 5.69 Å². The molecule has 128 valence electrons. The first-order chi connectivity index (χ1) is 10.9. The zero-order chi connectivity index (χ0) is 18.3. The molecule has 2 rings (SSSR count). The van der Waals surface area contributed by atoms with Crippen LogP contribution in [0.2, 0.25) is 0 Å². The van der Waals surface area contributed by atoms with E-state index >= 15 is 0 Å². The fraction of sp³-hybridized carbons (Fsp3) is 0. The fourth-order valence-corrected chi connectivity index (χ4v) is 3.28. The second kappa shape index (κ2) is 5.87. The SMILES string of the molecule is C=CC(=O)Nc1ccc(S(=O)(=O)O)c2cc(S(=O)(=O)O)cc(O)c12. The van der Waals surface area contributed by atoms with Gasteiger partial charge in [-0.2, -0.15) is 16.8 Å². The fourth-order valence-electron chi connectivity index (χ4n) is 2.07. The molecule has 0 spiro atoms. The summed E-state index contributed by atoms with van der Waals surface area (Å²) in [6, 6.07) is 3.43. The molecule has 0 aliphatic carbocycles. The lowest BCUT2D eigenvalue weighted by Crippen LogP contribution is -2.09. The third-order valence-electron chi connectivity index (χ3n) is 3.05. The molecule has 2 aromatic rings. The van der Waals surface area contributed by atoms with Crippen LogP contribution >= 0.6 is 0 Å². The third-order valence-corrected chi connectivity index (χ3v) is 4.79. The maximum Gasteiger partial charge on any atom is 0.295 e. The van der Waals surface area contributed by atoms with Gasteiger partial charge in [-0.25, -0.2) is 0 Å². The smallest absolute Gasteiger partial charge is 0.295 e. The minimum absolute atomic E-state index is 0.0540. The Morgan fingerprint density at radius 1 is 1.08 bits per heavy atom. The van der Waals surface area contributed by atoms with Crippen molar-refractivity contribution in [3.05, 3.63) is 36.9 Å². The van der Waals surface area contributed by atoms with Crippen molar-refractivity contribution in [3.8, 4) is 5.75 Å². The van der Waals surface area contributed by atoms with Gasteiger partial charge in [0.1, 0.15) is 10.6 Å². The van der Waals surface area contributed by atoms with E-state index in [2.05, 4.69) is 11.9 Å². The molecule has 0 unspecified atom stereocenters. The van der Waals surface area contributed by atoms with E-state index in [1.165, 1.54) is 0 Å². The molecule has 0 aliphatic rings. The van der Waals surface area contributed by atoms with Crippen molar-refractivity contribution in [2.24, 2.45) is 0 Å². The number of fused-ring (bicyclic) bond motifs is 1. The summed E-state index contributed by atoms with van der Waals surface area (Å²) in [5.41, 5.74) is -0.0540. The Hall–Kier alpha value is -2.47. The normalized spacial score (nSPS) is 12.1. The highest BCUT2D eigenvalue weighted by atomic mass is 32.2. The largest absolute Gasteiger partial charge is 0.507 e. The Labute approximate surface area is 136 Å². The lowest BCUT2D eigenvalue weighted by atomic mass is 10.1. The van der Waals surface area contributed by atoms with E-state index < -0.39 is 47.1 Å². The van der Waals surface area contributed by atoms with Crippen molar-refractivity contribution in [1.29, 1.82) is 0 Å². The summed E-state index contributed by atoms with van der Waals surface area (Å²) < 4.78 is 63.8. The van der Waals surface area contributed by atoms with Crippen LogP contribution in [0.15, 0.2) is 46.7 Å². The number of phenolic OH excluding ortho intramolecular Hbond substituents is 1. The summed E-state index contributed by atoms with van der Waals surface area (Å²) in [5, 5.41) is 11.7. The van der Waals surface area contributed by atoms with Gasteiger partial charge in [-0.15, -0.1) is 0 Å². The monoisotopic (exact) mass is 373 g/mol. The minimum atomic E-state index is -4.78. The van der Waals surface area contributed by atoms with Crippen molar-refractivity contribution >= 4 is 42.6 Å². The van der Waals surface area contributed by atoms with Gasteiger partial charge in [-0.3, -0.25) is 13.9 Å². The molecular formula is C13H11NO8S2.